The summed E-state index contributed by atoms with van der Waals surface area (Å²) in [5.41, 5.74) is 5.17. The lowest BCUT2D eigenvalue weighted by molar-refractivity contribution is 0.102. The maximum absolute atomic E-state index is 13.9. The molecule has 3 rings (SSSR count). The number of hydrogen-bond acceptors (Lipinski definition) is 6. The lowest BCUT2D eigenvalue weighted by Crippen LogP contribution is -2.48. The van der Waals surface area contributed by atoms with Gasteiger partial charge in [0.2, 0.25) is 5.41 Å². The van der Waals surface area contributed by atoms with Gasteiger partial charge < -0.3 is 15.4 Å². The van der Waals surface area contributed by atoms with Crippen LogP contribution in [-0.2, 0) is 4.74 Å². The first kappa shape index (κ1) is 19.9. The van der Waals surface area contributed by atoms with Gasteiger partial charge in [0.25, 0.3) is 0 Å². The van der Waals surface area contributed by atoms with Gasteiger partial charge in [-0.2, -0.15) is 15.8 Å². The Morgan fingerprint density at radius 1 is 1.38 bits per heavy atom. The number of allylic oxidation sites excluding steroid dienone is 2. The highest BCUT2D eigenvalue weighted by atomic mass is 19.1. The Balaban J connectivity index is 2.23. The van der Waals surface area contributed by atoms with Gasteiger partial charge in [-0.25, -0.2) is 9.18 Å². The number of nitrogens with two attached hydrogens (primary N) is 1. The van der Waals surface area contributed by atoms with Crippen molar-refractivity contribution in [2.45, 2.75) is 12.8 Å². The maximum atomic E-state index is 13.9. The van der Waals surface area contributed by atoms with E-state index in [9.17, 15) is 25.0 Å². The molecule has 0 saturated carbocycles. The summed E-state index contributed by atoms with van der Waals surface area (Å²) in [4.78, 5) is 13.7. The Morgan fingerprint density at radius 2 is 2.10 bits per heavy atom. The molecule has 7 nitrogen and oxygen atoms in total. The van der Waals surface area contributed by atoms with Crippen molar-refractivity contribution in [3.8, 4) is 18.2 Å². The second-order valence-electron chi connectivity index (χ2n) is 6.82. The van der Waals surface area contributed by atoms with Crippen molar-refractivity contribution in [2.75, 3.05) is 19.7 Å². The Morgan fingerprint density at radius 3 is 2.69 bits per heavy atom. The van der Waals surface area contributed by atoms with Crippen LogP contribution in [-0.4, -0.2) is 30.7 Å². The van der Waals surface area contributed by atoms with Gasteiger partial charge in [0.05, 0.1) is 36.1 Å². The van der Waals surface area contributed by atoms with Crippen LogP contribution in [0.15, 0.2) is 47.2 Å². The van der Waals surface area contributed by atoms with Crippen LogP contribution in [0.3, 0.4) is 0 Å². The third-order valence-corrected chi connectivity index (χ3v) is 5.38. The Labute approximate surface area is 167 Å². The topological polar surface area (TPSA) is 127 Å². The molecule has 0 saturated heterocycles. The van der Waals surface area contributed by atoms with Crippen LogP contribution in [0.4, 0.5) is 9.18 Å². The zero-order valence-electron chi connectivity index (χ0n) is 15.7. The van der Waals surface area contributed by atoms with Crippen molar-refractivity contribution in [1.29, 1.82) is 15.8 Å². The number of rotatable bonds is 2. The summed E-state index contributed by atoms with van der Waals surface area (Å²) >= 11 is 0. The van der Waals surface area contributed by atoms with E-state index in [4.69, 9.17) is 10.5 Å². The predicted octanol–water partition coefficient (Wildman–Crippen LogP) is 2.71. The molecule has 8 heteroatoms. The summed E-state index contributed by atoms with van der Waals surface area (Å²) in [6.45, 7) is 2.13. The SMILES string of the molecule is CCOC(=O)N1CC=C2C(C1)C(c1cccc(F)c1)C(C#N)=C(N)C2(C#N)C#N. The number of ether oxygens (including phenoxy) is 1. The summed E-state index contributed by atoms with van der Waals surface area (Å²) < 4.78 is 19.0. The third kappa shape index (κ3) is 3.07. The molecule has 1 amide bonds. The normalized spacial score (nSPS) is 22.4. The first-order valence-corrected chi connectivity index (χ1v) is 9.03. The number of fused-ring (bicyclic) bond motifs is 1. The number of benzene rings is 1. The van der Waals surface area contributed by atoms with Crippen molar-refractivity contribution < 1.29 is 13.9 Å². The van der Waals surface area contributed by atoms with Crippen LogP contribution in [0.2, 0.25) is 0 Å². The number of nitrogens with zero attached hydrogens (tertiary/aromatic N) is 4. The van der Waals surface area contributed by atoms with Crippen molar-refractivity contribution in [3.63, 3.8) is 0 Å². The highest BCUT2D eigenvalue weighted by Crippen LogP contribution is 2.52. The molecule has 2 N–H and O–H groups in total. The molecule has 1 aliphatic heterocycles. The molecule has 0 aromatic heterocycles. The van der Waals surface area contributed by atoms with Gasteiger partial charge in [-0.3, -0.25) is 0 Å². The van der Waals surface area contributed by atoms with E-state index in [2.05, 4.69) is 0 Å². The minimum absolute atomic E-state index is 0.0339. The van der Waals surface area contributed by atoms with Gasteiger partial charge in [0.1, 0.15) is 5.82 Å². The predicted molar refractivity (Wildman–Crippen MR) is 99.8 cm³/mol. The Bertz CT molecular complexity index is 1030. The minimum atomic E-state index is -1.81. The largest absolute Gasteiger partial charge is 0.450 e. The van der Waals surface area contributed by atoms with Gasteiger partial charge in [-0.15, -0.1) is 0 Å². The second-order valence-corrected chi connectivity index (χ2v) is 6.82. The van der Waals surface area contributed by atoms with Crippen LogP contribution in [0.1, 0.15) is 18.4 Å². The van der Waals surface area contributed by atoms with Crippen molar-refractivity contribution in [3.05, 3.63) is 58.6 Å². The lowest BCUT2D eigenvalue weighted by atomic mass is 9.60. The minimum Gasteiger partial charge on any atom is -0.450 e. The number of carbonyl (C=O) groups excluding carboxylic acids is 1. The van der Waals surface area contributed by atoms with Crippen LogP contribution >= 0.6 is 0 Å². The summed E-state index contributed by atoms with van der Waals surface area (Å²) in [5, 5.41) is 29.5. The summed E-state index contributed by atoms with van der Waals surface area (Å²) in [7, 11) is 0. The molecular formula is C21H18FN5O2. The number of halogens is 1. The maximum Gasteiger partial charge on any atom is 0.410 e. The summed E-state index contributed by atoms with van der Waals surface area (Å²) in [6, 6.07) is 11.7. The molecule has 0 spiro atoms. The lowest BCUT2D eigenvalue weighted by Gasteiger charge is -2.44. The number of hydrogen-bond donors (Lipinski definition) is 1. The molecule has 2 unspecified atom stereocenters. The smallest absolute Gasteiger partial charge is 0.410 e. The van der Waals surface area contributed by atoms with E-state index in [1.165, 1.54) is 23.1 Å². The quantitative estimate of drug-likeness (QED) is 0.772. The number of amides is 1. The third-order valence-electron chi connectivity index (χ3n) is 5.38. The molecule has 2 aliphatic rings. The average molecular weight is 391 g/mol. The van der Waals surface area contributed by atoms with Crippen molar-refractivity contribution in [2.24, 2.45) is 17.1 Å². The Hall–Kier alpha value is -3.83. The highest BCUT2D eigenvalue weighted by molar-refractivity contribution is 5.69. The van der Waals surface area contributed by atoms with Crippen molar-refractivity contribution >= 4 is 6.09 Å². The second kappa shape index (κ2) is 7.66. The van der Waals surface area contributed by atoms with Crippen LogP contribution in [0.5, 0.6) is 0 Å². The van der Waals surface area contributed by atoms with E-state index in [0.717, 1.165) is 0 Å². The van der Waals surface area contributed by atoms with E-state index in [1.807, 2.05) is 18.2 Å². The van der Waals surface area contributed by atoms with Gasteiger partial charge in [0, 0.05) is 24.9 Å². The molecular weight excluding hydrogens is 373 g/mol. The first-order chi connectivity index (χ1) is 13.9. The Kier molecular flexibility index (Phi) is 5.26. The molecule has 1 aromatic carbocycles. The molecule has 29 heavy (non-hydrogen) atoms. The zero-order chi connectivity index (χ0) is 21.2. The molecule has 0 radical (unpaired) electrons. The molecule has 1 aromatic rings. The average Bonchev–Trinajstić information content (AvgIpc) is 2.73. The van der Waals surface area contributed by atoms with Crippen LogP contribution < -0.4 is 5.73 Å². The van der Waals surface area contributed by atoms with Crippen molar-refractivity contribution in [1.82, 2.24) is 4.90 Å². The van der Waals surface area contributed by atoms with Gasteiger partial charge in [-0.1, -0.05) is 18.2 Å². The fourth-order valence-electron chi connectivity index (χ4n) is 4.08. The van der Waals surface area contributed by atoms with Gasteiger partial charge in [0.15, 0.2) is 0 Å². The summed E-state index contributed by atoms with van der Waals surface area (Å²) in [6.07, 6.45) is 1.08. The van der Waals surface area contributed by atoms with E-state index in [-0.39, 0.29) is 31.0 Å². The van der Waals surface area contributed by atoms with Crippen LogP contribution in [0.25, 0.3) is 0 Å². The van der Waals surface area contributed by atoms with Gasteiger partial charge >= 0.3 is 6.09 Å². The van der Waals surface area contributed by atoms with E-state index in [0.29, 0.717) is 11.1 Å². The fraction of sp³-hybridized carbons (Fsp3) is 0.333. The number of carbonyl (C=O) groups is 1. The zero-order valence-corrected chi connectivity index (χ0v) is 15.7. The molecule has 0 bridgehead atoms. The van der Waals surface area contributed by atoms with E-state index < -0.39 is 29.2 Å². The van der Waals surface area contributed by atoms with Crippen LogP contribution in [0, 0.1) is 51.1 Å². The highest BCUT2D eigenvalue weighted by Gasteiger charge is 2.53. The molecule has 0 fully saturated rings. The molecule has 2 atom stereocenters. The molecule has 1 aliphatic carbocycles. The monoisotopic (exact) mass is 391 g/mol. The fourth-order valence-corrected chi connectivity index (χ4v) is 4.08. The molecule has 1 heterocycles. The number of nitriles is 3. The molecule has 146 valence electrons. The van der Waals surface area contributed by atoms with E-state index >= 15 is 0 Å². The summed E-state index contributed by atoms with van der Waals surface area (Å²) in [5.74, 6) is -1.79. The van der Waals surface area contributed by atoms with E-state index in [1.54, 1.807) is 19.1 Å². The standard InChI is InChI=1S/C21H18FN5O2/c1-2-29-20(28)27-7-6-17-16(10-27)18(13-4-3-5-14(22)8-13)15(9-23)19(26)21(17,11-24)12-25/h3-6,8,16,18H,2,7,10,26H2,1H3. The van der Waals surface area contributed by atoms with Gasteiger partial charge in [-0.05, 0) is 30.2 Å². The first-order valence-electron chi connectivity index (χ1n) is 9.03.